The number of nitrogens with two attached hydrogens (primary N) is 1. The minimum Gasteiger partial charge on any atom is -0.366 e. The molecule has 0 atom stereocenters. The molecule has 0 fully saturated rings. The Morgan fingerprint density at radius 2 is 1.59 bits per heavy atom. The number of rotatable bonds is 2. The van der Waals surface area contributed by atoms with E-state index >= 15 is 0 Å². The van der Waals surface area contributed by atoms with Crippen molar-refractivity contribution in [2.45, 2.75) is 13.8 Å². The lowest BCUT2D eigenvalue weighted by atomic mass is 10.1. The van der Waals surface area contributed by atoms with Crippen LogP contribution in [0.1, 0.15) is 32.0 Å². The van der Waals surface area contributed by atoms with Gasteiger partial charge in [-0.2, -0.15) is 0 Å². The van der Waals surface area contributed by atoms with Crippen LogP contribution in [-0.4, -0.2) is 16.4 Å². The Bertz CT molecular complexity index is 907. The smallest absolute Gasteiger partial charge is 0.262 e. The van der Waals surface area contributed by atoms with Crippen molar-refractivity contribution < 1.29 is 9.59 Å². The average molecular weight is 292 g/mol. The molecular weight excluding hydrogens is 276 g/mol. The Morgan fingerprint density at radius 3 is 2.27 bits per heavy atom. The predicted octanol–water partition coefficient (Wildman–Crippen LogP) is 3.05. The summed E-state index contributed by atoms with van der Waals surface area (Å²) in [5.74, 6) is -0.677. The number of carbonyl (C=O) groups is 2. The molecule has 0 aliphatic heterocycles. The topological polar surface area (TPSA) is 65.1 Å². The number of fused-ring (bicyclic) bond motifs is 1. The van der Waals surface area contributed by atoms with Crippen molar-refractivity contribution in [2.24, 2.45) is 5.73 Å². The molecule has 4 heteroatoms. The molecule has 0 saturated carbocycles. The number of aromatic nitrogens is 1. The molecule has 0 spiro atoms. The van der Waals surface area contributed by atoms with E-state index < -0.39 is 5.91 Å². The number of benzene rings is 2. The first-order chi connectivity index (χ1) is 10.5. The molecule has 0 unspecified atom stereocenters. The van der Waals surface area contributed by atoms with Crippen LogP contribution in [0.4, 0.5) is 0 Å². The molecule has 0 aliphatic carbocycles. The highest BCUT2D eigenvalue weighted by molar-refractivity contribution is 6.12. The lowest BCUT2D eigenvalue weighted by molar-refractivity contribution is 0.0962. The van der Waals surface area contributed by atoms with Crippen molar-refractivity contribution >= 4 is 22.7 Å². The van der Waals surface area contributed by atoms with Gasteiger partial charge in [0.25, 0.3) is 11.8 Å². The zero-order chi connectivity index (χ0) is 15.9. The molecule has 3 aromatic rings. The van der Waals surface area contributed by atoms with Crippen molar-refractivity contribution in [3.05, 3.63) is 70.9 Å². The molecule has 2 N–H and O–H groups in total. The van der Waals surface area contributed by atoms with E-state index in [0.29, 0.717) is 27.7 Å². The van der Waals surface area contributed by atoms with Crippen LogP contribution in [0.15, 0.2) is 48.5 Å². The molecule has 2 aromatic carbocycles. The lowest BCUT2D eigenvalue weighted by Crippen LogP contribution is -2.17. The number of para-hydroxylation sites is 1. The van der Waals surface area contributed by atoms with Crippen LogP contribution in [0.3, 0.4) is 0 Å². The first-order valence-corrected chi connectivity index (χ1v) is 7.02. The minimum atomic E-state index is -0.523. The van der Waals surface area contributed by atoms with Crippen LogP contribution < -0.4 is 5.73 Å². The third-order valence-corrected chi connectivity index (χ3v) is 3.94. The molecule has 0 bridgehead atoms. The molecule has 3 rings (SSSR count). The predicted molar refractivity (Wildman–Crippen MR) is 86.1 cm³/mol. The van der Waals surface area contributed by atoms with Gasteiger partial charge >= 0.3 is 0 Å². The zero-order valence-electron chi connectivity index (χ0n) is 12.5. The normalized spacial score (nSPS) is 10.8. The lowest BCUT2D eigenvalue weighted by Gasteiger charge is -2.09. The van der Waals surface area contributed by atoms with E-state index in [9.17, 15) is 9.59 Å². The minimum absolute atomic E-state index is 0.153. The van der Waals surface area contributed by atoms with Crippen LogP contribution >= 0.6 is 0 Å². The molecule has 1 aromatic heterocycles. The second kappa shape index (κ2) is 5.15. The number of nitrogens with zero attached hydrogens (tertiary/aromatic N) is 1. The Hall–Kier alpha value is -2.88. The molecule has 110 valence electrons. The number of hydrogen-bond acceptors (Lipinski definition) is 2. The van der Waals surface area contributed by atoms with Crippen LogP contribution in [-0.2, 0) is 0 Å². The second-order valence-corrected chi connectivity index (χ2v) is 5.30. The fourth-order valence-electron chi connectivity index (χ4n) is 2.87. The number of amides is 1. The van der Waals surface area contributed by atoms with Gasteiger partial charge in [-0.15, -0.1) is 0 Å². The van der Waals surface area contributed by atoms with E-state index in [1.807, 2.05) is 49.4 Å². The molecule has 22 heavy (non-hydrogen) atoms. The van der Waals surface area contributed by atoms with E-state index in [2.05, 4.69) is 0 Å². The van der Waals surface area contributed by atoms with Crippen molar-refractivity contribution in [2.75, 3.05) is 0 Å². The van der Waals surface area contributed by atoms with Crippen LogP contribution in [0.5, 0.6) is 0 Å². The Morgan fingerprint density at radius 1 is 0.955 bits per heavy atom. The molecule has 4 nitrogen and oxygen atoms in total. The van der Waals surface area contributed by atoms with E-state index in [1.165, 1.54) is 0 Å². The van der Waals surface area contributed by atoms with Gasteiger partial charge in [0.2, 0.25) is 0 Å². The summed E-state index contributed by atoms with van der Waals surface area (Å²) >= 11 is 0. The van der Waals surface area contributed by atoms with Gasteiger partial charge in [0, 0.05) is 16.6 Å². The summed E-state index contributed by atoms with van der Waals surface area (Å²) in [6, 6.07) is 14.7. The number of primary amides is 1. The number of carbonyl (C=O) groups excluding carboxylic acids is 2. The summed E-state index contributed by atoms with van der Waals surface area (Å²) in [7, 11) is 0. The van der Waals surface area contributed by atoms with E-state index in [4.69, 9.17) is 5.73 Å². The highest BCUT2D eigenvalue weighted by Crippen LogP contribution is 2.27. The van der Waals surface area contributed by atoms with Gasteiger partial charge in [-0.05, 0) is 31.5 Å². The maximum absolute atomic E-state index is 12.9. The molecule has 1 amide bonds. The standard InChI is InChI=1S/C18H16N2O2/c1-11-7-3-4-8-13(11)18(22)20-12(2)16(17(19)21)14-9-5-6-10-15(14)20/h3-10H,1-2H3,(H2,19,21). The Balaban J connectivity index is 2.32. The molecular formula is C18H16N2O2. The van der Waals surface area contributed by atoms with Gasteiger partial charge in [0.05, 0.1) is 11.1 Å². The first kappa shape index (κ1) is 14.1. The second-order valence-electron chi connectivity index (χ2n) is 5.30. The summed E-state index contributed by atoms with van der Waals surface area (Å²) in [6.07, 6.45) is 0. The number of aryl methyl sites for hydroxylation is 1. The van der Waals surface area contributed by atoms with Gasteiger partial charge in [-0.1, -0.05) is 36.4 Å². The molecule has 0 aliphatic rings. The molecule has 1 heterocycles. The summed E-state index contributed by atoms with van der Waals surface area (Å²) in [4.78, 5) is 24.7. The Labute approximate surface area is 128 Å². The van der Waals surface area contributed by atoms with Gasteiger partial charge in [-0.25, -0.2) is 0 Å². The van der Waals surface area contributed by atoms with Crippen LogP contribution in [0, 0.1) is 13.8 Å². The monoisotopic (exact) mass is 292 g/mol. The zero-order valence-corrected chi connectivity index (χ0v) is 12.5. The Kier molecular flexibility index (Phi) is 3.29. The summed E-state index contributed by atoms with van der Waals surface area (Å²) in [6.45, 7) is 3.64. The molecule has 0 radical (unpaired) electrons. The SMILES string of the molecule is Cc1ccccc1C(=O)n1c(C)c(C(N)=O)c2ccccc21. The van der Waals surface area contributed by atoms with Crippen molar-refractivity contribution in [1.82, 2.24) is 4.57 Å². The van der Waals surface area contributed by atoms with Crippen LogP contribution in [0.2, 0.25) is 0 Å². The van der Waals surface area contributed by atoms with Gasteiger partial charge in [-0.3, -0.25) is 14.2 Å². The first-order valence-electron chi connectivity index (χ1n) is 7.02. The van der Waals surface area contributed by atoms with Crippen molar-refractivity contribution in [3.8, 4) is 0 Å². The van der Waals surface area contributed by atoms with E-state index in [1.54, 1.807) is 17.6 Å². The van der Waals surface area contributed by atoms with Crippen molar-refractivity contribution in [1.29, 1.82) is 0 Å². The summed E-state index contributed by atoms with van der Waals surface area (Å²) in [5.41, 5.74) is 8.67. The third kappa shape index (κ3) is 2.00. The van der Waals surface area contributed by atoms with Gasteiger partial charge in [0.1, 0.15) is 0 Å². The fourth-order valence-corrected chi connectivity index (χ4v) is 2.87. The van der Waals surface area contributed by atoms with Crippen molar-refractivity contribution in [3.63, 3.8) is 0 Å². The summed E-state index contributed by atoms with van der Waals surface area (Å²) in [5, 5.41) is 0.703. The largest absolute Gasteiger partial charge is 0.366 e. The highest BCUT2D eigenvalue weighted by atomic mass is 16.2. The fraction of sp³-hybridized carbons (Fsp3) is 0.111. The van der Waals surface area contributed by atoms with Gasteiger partial charge < -0.3 is 5.73 Å². The van der Waals surface area contributed by atoms with E-state index in [-0.39, 0.29) is 5.91 Å². The highest BCUT2D eigenvalue weighted by Gasteiger charge is 2.22. The molecule has 0 saturated heterocycles. The van der Waals surface area contributed by atoms with Crippen LogP contribution in [0.25, 0.3) is 10.9 Å². The quantitative estimate of drug-likeness (QED) is 0.789. The third-order valence-electron chi connectivity index (χ3n) is 3.94. The van der Waals surface area contributed by atoms with Gasteiger partial charge in [0.15, 0.2) is 0 Å². The van der Waals surface area contributed by atoms with E-state index in [0.717, 1.165) is 5.56 Å². The summed E-state index contributed by atoms with van der Waals surface area (Å²) < 4.78 is 1.57. The maximum atomic E-state index is 12.9. The maximum Gasteiger partial charge on any atom is 0.262 e. The average Bonchev–Trinajstić information content (AvgIpc) is 2.79. The number of hydrogen-bond donors (Lipinski definition) is 1.